The molecule has 2 aromatic carbocycles. The number of benzene rings is 2. The van der Waals surface area contributed by atoms with Crippen LogP contribution in [0.25, 0.3) is 11.0 Å². The third-order valence-corrected chi connectivity index (χ3v) is 3.66. The zero-order valence-electron chi connectivity index (χ0n) is 12.1. The van der Waals surface area contributed by atoms with Gasteiger partial charge < -0.3 is 10.3 Å². The van der Waals surface area contributed by atoms with E-state index in [0.717, 1.165) is 22.5 Å². The normalized spacial score (nSPS) is 10.9. The van der Waals surface area contributed by atoms with Crippen molar-refractivity contribution in [3.63, 3.8) is 0 Å². The van der Waals surface area contributed by atoms with Gasteiger partial charge in [0, 0.05) is 5.69 Å². The summed E-state index contributed by atoms with van der Waals surface area (Å²) < 4.78 is 0. The molecule has 102 valence electrons. The summed E-state index contributed by atoms with van der Waals surface area (Å²) in [5, 5.41) is 3.38. The number of hydrogen-bond donors (Lipinski definition) is 2. The van der Waals surface area contributed by atoms with Crippen LogP contribution in [0, 0.1) is 20.8 Å². The fourth-order valence-electron chi connectivity index (χ4n) is 2.26. The van der Waals surface area contributed by atoms with E-state index in [0.29, 0.717) is 6.54 Å². The molecule has 20 heavy (non-hydrogen) atoms. The Bertz CT molecular complexity index is 700. The summed E-state index contributed by atoms with van der Waals surface area (Å²) in [4.78, 5) is 8.00. The average molecular weight is 265 g/mol. The van der Waals surface area contributed by atoms with Gasteiger partial charge >= 0.3 is 0 Å². The maximum absolute atomic E-state index is 4.63. The molecule has 0 amide bonds. The first-order valence-electron chi connectivity index (χ1n) is 6.88. The van der Waals surface area contributed by atoms with Crippen LogP contribution >= 0.6 is 0 Å². The first-order chi connectivity index (χ1) is 9.61. The fraction of sp³-hybridized carbons (Fsp3) is 0.235. The number of anilines is 1. The van der Waals surface area contributed by atoms with Crippen LogP contribution < -0.4 is 5.32 Å². The van der Waals surface area contributed by atoms with E-state index >= 15 is 0 Å². The summed E-state index contributed by atoms with van der Waals surface area (Å²) in [5.74, 6) is 0.963. The second-order valence-corrected chi connectivity index (χ2v) is 5.36. The molecule has 3 heteroatoms. The van der Waals surface area contributed by atoms with E-state index in [1.165, 1.54) is 16.7 Å². The van der Waals surface area contributed by atoms with Crippen LogP contribution in [0.5, 0.6) is 0 Å². The molecule has 0 saturated carbocycles. The van der Waals surface area contributed by atoms with Gasteiger partial charge in [-0.05, 0) is 56.2 Å². The molecule has 1 aromatic heterocycles. The third-order valence-electron chi connectivity index (χ3n) is 3.66. The molecule has 0 fully saturated rings. The molecule has 1 heterocycles. The van der Waals surface area contributed by atoms with E-state index in [-0.39, 0.29) is 0 Å². The quantitative estimate of drug-likeness (QED) is 0.748. The van der Waals surface area contributed by atoms with Crippen molar-refractivity contribution in [3.05, 3.63) is 58.9 Å². The molecule has 2 N–H and O–H groups in total. The summed E-state index contributed by atoms with van der Waals surface area (Å²) >= 11 is 0. The molecule has 3 nitrogen and oxygen atoms in total. The number of H-pyrrole nitrogens is 1. The Morgan fingerprint density at radius 2 is 1.70 bits per heavy atom. The molecule has 3 rings (SSSR count). The number of aryl methyl sites for hydroxylation is 3. The topological polar surface area (TPSA) is 40.7 Å². The van der Waals surface area contributed by atoms with Crippen LogP contribution in [0.15, 0.2) is 36.4 Å². The lowest BCUT2D eigenvalue weighted by atomic mass is 10.1. The van der Waals surface area contributed by atoms with Crippen LogP contribution in [0.1, 0.15) is 22.5 Å². The molecule has 0 aliphatic rings. The standard InChI is InChI=1S/C17H19N3/c1-11-4-6-14(7-5-11)18-10-17-19-15-8-12(2)13(3)9-16(15)20-17/h4-9,18H,10H2,1-3H3,(H,19,20). The molecule has 0 saturated heterocycles. The van der Waals surface area contributed by atoms with Crippen LogP contribution in [0.3, 0.4) is 0 Å². The highest BCUT2D eigenvalue weighted by molar-refractivity contribution is 5.77. The summed E-state index contributed by atoms with van der Waals surface area (Å²) in [6, 6.07) is 12.7. The number of rotatable bonds is 3. The Hall–Kier alpha value is -2.29. The predicted molar refractivity (Wildman–Crippen MR) is 84.1 cm³/mol. The van der Waals surface area contributed by atoms with E-state index in [9.17, 15) is 0 Å². The summed E-state index contributed by atoms with van der Waals surface area (Å²) in [5.41, 5.74) is 7.09. The largest absolute Gasteiger partial charge is 0.378 e. The molecule has 0 atom stereocenters. The van der Waals surface area contributed by atoms with Gasteiger partial charge in [0.2, 0.25) is 0 Å². The summed E-state index contributed by atoms with van der Waals surface area (Å²) in [6.07, 6.45) is 0. The Balaban J connectivity index is 1.79. The Kier molecular flexibility index (Phi) is 3.18. The Morgan fingerprint density at radius 3 is 2.45 bits per heavy atom. The number of aromatic amines is 1. The number of aromatic nitrogens is 2. The summed E-state index contributed by atoms with van der Waals surface area (Å²) in [6.45, 7) is 7.04. The smallest absolute Gasteiger partial charge is 0.126 e. The predicted octanol–water partition coefficient (Wildman–Crippen LogP) is 4.10. The van der Waals surface area contributed by atoms with Gasteiger partial charge in [0.1, 0.15) is 5.82 Å². The maximum Gasteiger partial charge on any atom is 0.126 e. The SMILES string of the molecule is Cc1ccc(NCc2nc3cc(C)c(C)cc3[nH]2)cc1. The zero-order chi connectivity index (χ0) is 14.1. The molecule has 0 bridgehead atoms. The van der Waals surface area contributed by atoms with Crippen LogP contribution in [0.2, 0.25) is 0 Å². The van der Waals surface area contributed by atoms with Crippen molar-refractivity contribution in [2.24, 2.45) is 0 Å². The van der Waals surface area contributed by atoms with Crippen LogP contribution in [0.4, 0.5) is 5.69 Å². The molecular weight excluding hydrogens is 246 g/mol. The highest BCUT2D eigenvalue weighted by atomic mass is 15.0. The molecule has 0 radical (unpaired) electrons. The van der Waals surface area contributed by atoms with Gasteiger partial charge in [-0.2, -0.15) is 0 Å². The van der Waals surface area contributed by atoms with Crippen molar-refractivity contribution in [2.75, 3.05) is 5.32 Å². The van der Waals surface area contributed by atoms with E-state index in [4.69, 9.17) is 0 Å². The Labute approximate surface area is 119 Å². The molecule has 0 unspecified atom stereocenters. The second-order valence-electron chi connectivity index (χ2n) is 5.36. The molecular formula is C17H19N3. The number of imidazole rings is 1. The maximum atomic E-state index is 4.63. The van der Waals surface area contributed by atoms with Gasteiger partial charge in [0.05, 0.1) is 17.6 Å². The van der Waals surface area contributed by atoms with E-state index in [1.807, 2.05) is 0 Å². The lowest BCUT2D eigenvalue weighted by Gasteiger charge is -2.04. The minimum Gasteiger partial charge on any atom is -0.378 e. The third kappa shape index (κ3) is 2.52. The van der Waals surface area contributed by atoms with Gasteiger partial charge in [0.15, 0.2) is 0 Å². The highest BCUT2D eigenvalue weighted by Gasteiger charge is 2.04. The average Bonchev–Trinajstić information content (AvgIpc) is 2.80. The molecule has 0 spiro atoms. The van der Waals surface area contributed by atoms with Crippen LogP contribution in [-0.2, 0) is 6.54 Å². The number of nitrogens with one attached hydrogen (secondary N) is 2. The number of hydrogen-bond acceptors (Lipinski definition) is 2. The van der Waals surface area contributed by atoms with Gasteiger partial charge in [-0.3, -0.25) is 0 Å². The van der Waals surface area contributed by atoms with Crippen molar-refractivity contribution >= 4 is 16.7 Å². The lowest BCUT2D eigenvalue weighted by molar-refractivity contribution is 1.01. The van der Waals surface area contributed by atoms with Gasteiger partial charge in [-0.1, -0.05) is 17.7 Å². The van der Waals surface area contributed by atoms with Gasteiger partial charge in [0.25, 0.3) is 0 Å². The fourth-order valence-corrected chi connectivity index (χ4v) is 2.26. The van der Waals surface area contributed by atoms with Gasteiger partial charge in [-0.15, -0.1) is 0 Å². The number of nitrogens with zero attached hydrogens (tertiary/aromatic N) is 1. The first kappa shape index (κ1) is 12.7. The minimum absolute atomic E-state index is 0.704. The van der Waals surface area contributed by atoms with E-state index in [1.54, 1.807) is 0 Å². The van der Waals surface area contributed by atoms with E-state index in [2.05, 4.69) is 72.5 Å². The van der Waals surface area contributed by atoms with Gasteiger partial charge in [-0.25, -0.2) is 4.98 Å². The highest BCUT2D eigenvalue weighted by Crippen LogP contribution is 2.18. The van der Waals surface area contributed by atoms with Crippen molar-refractivity contribution < 1.29 is 0 Å². The number of fused-ring (bicyclic) bond motifs is 1. The van der Waals surface area contributed by atoms with Crippen molar-refractivity contribution in [1.82, 2.24) is 9.97 Å². The van der Waals surface area contributed by atoms with Crippen molar-refractivity contribution in [3.8, 4) is 0 Å². The Morgan fingerprint density at radius 1 is 1.00 bits per heavy atom. The van der Waals surface area contributed by atoms with Crippen molar-refractivity contribution in [2.45, 2.75) is 27.3 Å². The molecule has 0 aliphatic carbocycles. The van der Waals surface area contributed by atoms with E-state index < -0.39 is 0 Å². The molecule has 0 aliphatic heterocycles. The first-order valence-corrected chi connectivity index (χ1v) is 6.88. The minimum atomic E-state index is 0.704. The van der Waals surface area contributed by atoms with Crippen molar-refractivity contribution in [1.29, 1.82) is 0 Å². The zero-order valence-corrected chi connectivity index (χ0v) is 12.1. The monoisotopic (exact) mass is 265 g/mol. The summed E-state index contributed by atoms with van der Waals surface area (Å²) in [7, 11) is 0. The molecule has 3 aromatic rings. The second kappa shape index (κ2) is 5.00. The lowest BCUT2D eigenvalue weighted by Crippen LogP contribution is -2.00. The van der Waals surface area contributed by atoms with Crippen LogP contribution in [-0.4, -0.2) is 9.97 Å².